The van der Waals surface area contributed by atoms with Crippen LogP contribution in [0.4, 0.5) is 5.95 Å². The molecule has 0 saturated heterocycles. The Morgan fingerprint density at radius 2 is 2.43 bits per heavy atom. The summed E-state index contributed by atoms with van der Waals surface area (Å²) in [5.74, 6) is 1.92. The van der Waals surface area contributed by atoms with Crippen molar-refractivity contribution in [3.05, 3.63) is 24.5 Å². The van der Waals surface area contributed by atoms with Gasteiger partial charge >= 0.3 is 5.95 Å². The molecule has 5 heteroatoms. The van der Waals surface area contributed by atoms with Gasteiger partial charge in [-0.2, -0.15) is 5.10 Å². The minimum Gasteiger partial charge on any atom is -0.289 e. The van der Waals surface area contributed by atoms with Crippen molar-refractivity contribution < 1.29 is 4.57 Å². The zero-order valence-electron chi connectivity index (χ0n) is 7.57. The van der Waals surface area contributed by atoms with Gasteiger partial charge in [0.25, 0.3) is 0 Å². The van der Waals surface area contributed by atoms with E-state index in [0.29, 0.717) is 0 Å². The Kier molecular flexibility index (Phi) is 1.50. The predicted molar refractivity (Wildman–Crippen MR) is 50.5 cm³/mol. The average Bonchev–Trinajstić information content (AvgIpc) is 2.79. The highest BCUT2D eigenvalue weighted by Crippen LogP contribution is 2.13. The van der Waals surface area contributed by atoms with Gasteiger partial charge in [0.15, 0.2) is 0 Å². The molecular formula is C9H10N5+. The van der Waals surface area contributed by atoms with Crippen LogP contribution >= 0.6 is 0 Å². The van der Waals surface area contributed by atoms with Gasteiger partial charge in [-0.1, -0.05) is 0 Å². The number of fused-ring (bicyclic) bond motifs is 1. The number of anilines is 1. The molecule has 3 heterocycles. The van der Waals surface area contributed by atoms with Crippen LogP contribution in [0.5, 0.6) is 0 Å². The molecule has 0 fully saturated rings. The minimum absolute atomic E-state index is 0.906. The van der Waals surface area contributed by atoms with Gasteiger partial charge in [0, 0.05) is 17.5 Å². The standard InChI is InChI=1S/C9H9N5/c1-2-7(6-10-3-1)8-12-13-9-11-4-5-14(8)9/h1-3,6H,4-5H2,(H,11,13)/p+1. The van der Waals surface area contributed by atoms with Crippen LogP contribution in [0, 0.1) is 0 Å². The lowest BCUT2D eigenvalue weighted by Crippen LogP contribution is -2.31. The molecule has 0 atom stereocenters. The highest BCUT2D eigenvalue weighted by atomic mass is 15.4. The van der Waals surface area contributed by atoms with Crippen LogP contribution in [0.1, 0.15) is 0 Å². The Hall–Kier alpha value is -1.91. The SMILES string of the molecule is c1cncc(-c2[nH]nc3[n+]2CCN3)c1. The van der Waals surface area contributed by atoms with Gasteiger partial charge in [-0.15, -0.1) is 0 Å². The normalized spacial score (nSPS) is 13.7. The minimum atomic E-state index is 0.906. The summed E-state index contributed by atoms with van der Waals surface area (Å²) >= 11 is 0. The van der Waals surface area contributed by atoms with E-state index in [-0.39, 0.29) is 0 Å². The van der Waals surface area contributed by atoms with Gasteiger partial charge in [-0.3, -0.25) is 10.3 Å². The first kappa shape index (κ1) is 7.49. The third-order valence-electron chi connectivity index (χ3n) is 2.35. The van der Waals surface area contributed by atoms with Crippen LogP contribution in [0.3, 0.4) is 0 Å². The number of nitrogens with one attached hydrogen (secondary N) is 2. The summed E-state index contributed by atoms with van der Waals surface area (Å²) in [5.41, 5.74) is 1.06. The second-order valence-electron chi connectivity index (χ2n) is 3.22. The van der Waals surface area contributed by atoms with Gasteiger partial charge < -0.3 is 0 Å². The molecule has 2 aromatic heterocycles. The van der Waals surface area contributed by atoms with E-state index in [2.05, 4.69) is 25.1 Å². The zero-order chi connectivity index (χ0) is 9.38. The van der Waals surface area contributed by atoms with Crippen LogP contribution < -0.4 is 9.88 Å². The molecular weight excluding hydrogens is 178 g/mol. The van der Waals surface area contributed by atoms with Crippen molar-refractivity contribution in [3.8, 4) is 11.4 Å². The number of rotatable bonds is 1. The fourth-order valence-corrected chi connectivity index (χ4v) is 1.69. The van der Waals surface area contributed by atoms with E-state index in [1.54, 1.807) is 6.20 Å². The summed E-state index contributed by atoms with van der Waals surface area (Å²) in [6.07, 6.45) is 3.60. The Bertz CT molecular complexity index is 447. The van der Waals surface area contributed by atoms with Gasteiger partial charge in [0.1, 0.15) is 0 Å². The van der Waals surface area contributed by atoms with Crippen molar-refractivity contribution >= 4 is 5.95 Å². The Morgan fingerprint density at radius 3 is 3.29 bits per heavy atom. The molecule has 3 rings (SSSR count). The number of H-pyrrole nitrogens is 1. The first-order chi connectivity index (χ1) is 6.95. The first-order valence-corrected chi connectivity index (χ1v) is 4.57. The van der Waals surface area contributed by atoms with E-state index in [4.69, 9.17) is 0 Å². The van der Waals surface area contributed by atoms with Crippen LogP contribution in [0.2, 0.25) is 0 Å². The molecule has 14 heavy (non-hydrogen) atoms. The molecule has 1 aliphatic heterocycles. The second-order valence-corrected chi connectivity index (χ2v) is 3.22. The highest BCUT2D eigenvalue weighted by molar-refractivity contribution is 5.50. The van der Waals surface area contributed by atoms with Crippen LogP contribution in [0.15, 0.2) is 24.5 Å². The Balaban J connectivity index is 2.13. The number of aromatic amines is 1. The highest BCUT2D eigenvalue weighted by Gasteiger charge is 2.24. The molecule has 0 unspecified atom stereocenters. The summed E-state index contributed by atoms with van der Waals surface area (Å²) < 4.78 is 2.12. The molecule has 0 bridgehead atoms. The predicted octanol–water partition coefficient (Wildman–Crippen LogP) is 0.185. The smallest absolute Gasteiger partial charge is 0.289 e. The van der Waals surface area contributed by atoms with Crippen LogP contribution in [0.25, 0.3) is 11.4 Å². The van der Waals surface area contributed by atoms with E-state index in [0.717, 1.165) is 30.4 Å². The molecule has 2 aromatic rings. The topological polar surface area (TPSA) is 57.5 Å². The van der Waals surface area contributed by atoms with Crippen molar-refractivity contribution in [1.82, 2.24) is 15.2 Å². The molecule has 2 N–H and O–H groups in total. The summed E-state index contributed by atoms with van der Waals surface area (Å²) in [7, 11) is 0. The maximum Gasteiger partial charge on any atom is 0.378 e. The molecule has 0 saturated carbocycles. The van der Waals surface area contributed by atoms with Crippen molar-refractivity contribution in [2.45, 2.75) is 6.54 Å². The lowest BCUT2D eigenvalue weighted by Gasteiger charge is -1.95. The van der Waals surface area contributed by atoms with Gasteiger partial charge in [-0.05, 0) is 12.1 Å². The van der Waals surface area contributed by atoms with E-state index in [9.17, 15) is 0 Å². The van der Waals surface area contributed by atoms with E-state index in [1.807, 2.05) is 18.3 Å². The average molecular weight is 188 g/mol. The lowest BCUT2D eigenvalue weighted by molar-refractivity contribution is -0.659. The van der Waals surface area contributed by atoms with Crippen LogP contribution in [-0.4, -0.2) is 21.7 Å². The summed E-state index contributed by atoms with van der Waals surface area (Å²) in [5, 5.41) is 10.4. The van der Waals surface area contributed by atoms with Crippen molar-refractivity contribution in [1.29, 1.82) is 0 Å². The first-order valence-electron chi connectivity index (χ1n) is 4.57. The third kappa shape index (κ3) is 0.985. The van der Waals surface area contributed by atoms with E-state index >= 15 is 0 Å². The molecule has 70 valence electrons. The van der Waals surface area contributed by atoms with Gasteiger partial charge in [0.05, 0.1) is 18.7 Å². The quantitative estimate of drug-likeness (QED) is 0.628. The second kappa shape index (κ2) is 2.80. The van der Waals surface area contributed by atoms with E-state index in [1.165, 1.54) is 0 Å². The molecule has 5 nitrogen and oxygen atoms in total. The molecule has 0 aliphatic carbocycles. The molecule has 1 aliphatic rings. The maximum atomic E-state index is 4.17. The third-order valence-corrected chi connectivity index (χ3v) is 2.35. The number of pyridine rings is 1. The van der Waals surface area contributed by atoms with Crippen LogP contribution in [-0.2, 0) is 6.54 Å². The van der Waals surface area contributed by atoms with Crippen molar-refractivity contribution in [3.63, 3.8) is 0 Å². The van der Waals surface area contributed by atoms with Gasteiger partial charge in [-0.25, -0.2) is 4.57 Å². The molecule has 0 radical (unpaired) electrons. The summed E-state index contributed by atoms with van der Waals surface area (Å²) in [4.78, 5) is 4.08. The fourth-order valence-electron chi connectivity index (χ4n) is 1.69. The Morgan fingerprint density at radius 1 is 1.43 bits per heavy atom. The lowest BCUT2D eigenvalue weighted by atomic mass is 10.3. The molecule has 0 spiro atoms. The number of aromatic nitrogens is 4. The van der Waals surface area contributed by atoms with Crippen molar-refractivity contribution in [2.75, 3.05) is 11.9 Å². The zero-order valence-corrected chi connectivity index (χ0v) is 7.57. The number of hydrogen-bond donors (Lipinski definition) is 2. The summed E-state index contributed by atoms with van der Waals surface area (Å²) in [6, 6.07) is 3.94. The molecule has 0 aromatic carbocycles. The summed E-state index contributed by atoms with van der Waals surface area (Å²) in [6.45, 7) is 1.90. The van der Waals surface area contributed by atoms with E-state index < -0.39 is 0 Å². The Labute approximate surface area is 80.8 Å². The van der Waals surface area contributed by atoms with Gasteiger partial charge in [0.2, 0.25) is 5.82 Å². The fraction of sp³-hybridized carbons (Fsp3) is 0.222. The maximum absolute atomic E-state index is 4.17. The number of nitrogens with zero attached hydrogens (tertiary/aromatic N) is 3. The van der Waals surface area contributed by atoms with Crippen molar-refractivity contribution in [2.24, 2.45) is 0 Å². The molecule has 0 amide bonds. The monoisotopic (exact) mass is 188 g/mol. The largest absolute Gasteiger partial charge is 0.378 e. The number of hydrogen-bond acceptors (Lipinski definition) is 3.